The summed E-state index contributed by atoms with van der Waals surface area (Å²) >= 11 is 6.59. The fourth-order valence-electron chi connectivity index (χ4n) is 9.81. The number of amides is 5. The van der Waals surface area contributed by atoms with E-state index in [1.165, 1.54) is 7.05 Å². The molecule has 3 saturated heterocycles. The van der Waals surface area contributed by atoms with Gasteiger partial charge in [-0.3, -0.25) is 34.2 Å². The van der Waals surface area contributed by atoms with Crippen molar-refractivity contribution in [3.8, 4) is 0 Å². The van der Waals surface area contributed by atoms with Crippen LogP contribution in [0.3, 0.4) is 0 Å². The number of anilines is 4. The highest BCUT2D eigenvalue weighted by molar-refractivity contribution is 6.33. The number of benzene rings is 2. The van der Waals surface area contributed by atoms with Crippen LogP contribution < -0.4 is 25.8 Å². The number of carbonyl (C=O) groups is 5. The lowest BCUT2D eigenvalue weighted by Gasteiger charge is -2.47. The van der Waals surface area contributed by atoms with Crippen molar-refractivity contribution in [1.29, 1.82) is 0 Å². The molecule has 6 aliphatic rings. The molecule has 2 unspecified atom stereocenters. The lowest BCUT2D eigenvalue weighted by Crippen LogP contribution is -2.54. The zero-order chi connectivity index (χ0) is 43.9. The summed E-state index contributed by atoms with van der Waals surface area (Å²) < 4.78 is 12.3. The van der Waals surface area contributed by atoms with E-state index in [4.69, 9.17) is 26.1 Å². The number of fused-ring (bicyclic) bond motifs is 2. The van der Waals surface area contributed by atoms with Crippen LogP contribution in [0.1, 0.15) is 96.1 Å². The van der Waals surface area contributed by atoms with E-state index in [2.05, 4.69) is 30.7 Å². The SMILES string of the molecule is CCN1c2ccc(Nc3nc(N4CCC(OC5CC(N6CCC(c7cccc8c7C(=O)N(C7CCC(=O)NC7=O)C8=O)CC6)C5)CC4)ncc3Cl)cc2C=C(OCC(=O)NC)C1O. The lowest BCUT2D eigenvalue weighted by molar-refractivity contribution is -0.136. The number of likely N-dealkylation sites (tertiary alicyclic amines) is 1. The van der Waals surface area contributed by atoms with E-state index in [1.807, 2.05) is 37.3 Å². The first-order valence-corrected chi connectivity index (χ1v) is 22.3. The van der Waals surface area contributed by atoms with Gasteiger partial charge < -0.3 is 39.9 Å². The van der Waals surface area contributed by atoms with Crippen LogP contribution in [0.25, 0.3) is 6.08 Å². The Labute approximate surface area is 370 Å². The Bertz CT molecular complexity index is 2340. The summed E-state index contributed by atoms with van der Waals surface area (Å²) in [5.74, 6) is -0.724. The molecule has 1 aromatic heterocycles. The van der Waals surface area contributed by atoms with Gasteiger partial charge in [0, 0.05) is 56.1 Å². The Kier molecular flexibility index (Phi) is 12.1. The molecule has 332 valence electrons. The van der Waals surface area contributed by atoms with Crippen molar-refractivity contribution in [3.63, 3.8) is 0 Å². The molecule has 4 fully saturated rings. The topological polar surface area (TPSA) is 199 Å². The highest BCUT2D eigenvalue weighted by Crippen LogP contribution is 2.40. The van der Waals surface area contributed by atoms with E-state index in [-0.39, 0.29) is 55.1 Å². The number of piperidine rings is 3. The van der Waals surface area contributed by atoms with Crippen molar-refractivity contribution < 1.29 is 38.6 Å². The molecule has 6 heterocycles. The smallest absolute Gasteiger partial charge is 0.262 e. The quantitative estimate of drug-likeness (QED) is 0.191. The number of carbonyl (C=O) groups excluding carboxylic acids is 5. The number of imide groups is 2. The monoisotopic (exact) mass is 881 g/mol. The number of rotatable bonds is 12. The number of halogens is 1. The van der Waals surface area contributed by atoms with Crippen molar-refractivity contribution in [2.24, 2.45) is 0 Å². The second-order valence-corrected chi connectivity index (χ2v) is 17.4. The van der Waals surface area contributed by atoms with Gasteiger partial charge in [-0.1, -0.05) is 23.7 Å². The molecule has 5 amide bonds. The van der Waals surface area contributed by atoms with E-state index >= 15 is 0 Å². The summed E-state index contributed by atoms with van der Waals surface area (Å²) in [5, 5.41) is 19.4. The van der Waals surface area contributed by atoms with Crippen molar-refractivity contribution >= 4 is 70.4 Å². The lowest BCUT2D eigenvalue weighted by atomic mass is 9.82. The predicted molar refractivity (Wildman–Crippen MR) is 234 cm³/mol. The van der Waals surface area contributed by atoms with Crippen LogP contribution in [0.4, 0.5) is 23.1 Å². The van der Waals surface area contributed by atoms with Gasteiger partial charge in [-0.15, -0.1) is 0 Å². The first kappa shape index (κ1) is 42.7. The minimum Gasteiger partial charge on any atom is -0.483 e. The number of hydrogen-bond donors (Lipinski definition) is 4. The van der Waals surface area contributed by atoms with Crippen LogP contribution in [0.5, 0.6) is 0 Å². The van der Waals surface area contributed by atoms with Gasteiger partial charge in [0.05, 0.1) is 29.5 Å². The van der Waals surface area contributed by atoms with Gasteiger partial charge in [-0.25, -0.2) is 4.98 Å². The third-order valence-corrected chi connectivity index (χ3v) is 13.6. The highest BCUT2D eigenvalue weighted by atomic mass is 35.5. The Morgan fingerprint density at radius 3 is 2.49 bits per heavy atom. The standard InChI is InChI=1S/C45H52ClN9O8/c1-3-54-34-8-7-27(19-26(34)20-36(43(54)60)62-24-38(57)47-2)49-40-33(46)23-48-45(51-40)53-17-13-29(14-18-53)63-30-21-28(22-30)52-15-11-25(12-16-52)31-5-4-6-32-39(31)44(61)55(42(32)59)35-9-10-37(56)50-41(35)58/h4-8,19-20,23,25,28-30,35,43,60H,3,9-18,21-22,24H2,1-2H3,(H,47,57)(H,48,49,51)(H,50,56,58). The first-order valence-electron chi connectivity index (χ1n) is 21.9. The summed E-state index contributed by atoms with van der Waals surface area (Å²) in [7, 11) is 1.53. The molecule has 63 heavy (non-hydrogen) atoms. The van der Waals surface area contributed by atoms with E-state index in [0.29, 0.717) is 40.5 Å². The minimum atomic E-state index is -1.02. The number of aromatic nitrogens is 2. The molecule has 9 rings (SSSR count). The van der Waals surface area contributed by atoms with Crippen LogP contribution in [0, 0.1) is 0 Å². The summed E-state index contributed by atoms with van der Waals surface area (Å²) in [4.78, 5) is 80.1. The van der Waals surface area contributed by atoms with Gasteiger partial charge in [0.15, 0.2) is 18.7 Å². The molecule has 0 spiro atoms. The fraction of sp³-hybridized carbons (Fsp3) is 0.489. The molecule has 0 radical (unpaired) electrons. The molecule has 0 bridgehead atoms. The fourth-order valence-corrected chi connectivity index (χ4v) is 9.94. The number of likely N-dealkylation sites (N-methyl/N-ethyl adjacent to an activating group) is 2. The third kappa shape index (κ3) is 8.46. The average Bonchev–Trinajstić information content (AvgIpc) is 3.53. The Morgan fingerprint density at radius 2 is 1.76 bits per heavy atom. The van der Waals surface area contributed by atoms with Crippen molar-refractivity contribution in [1.82, 2.24) is 30.4 Å². The predicted octanol–water partition coefficient (Wildman–Crippen LogP) is 3.93. The molecule has 2 aromatic carbocycles. The van der Waals surface area contributed by atoms with Gasteiger partial charge in [-0.2, -0.15) is 4.98 Å². The van der Waals surface area contributed by atoms with Crippen LogP contribution >= 0.6 is 11.6 Å². The van der Waals surface area contributed by atoms with E-state index in [1.54, 1.807) is 23.2 Å². The molecule has 2 atom stereocenters. The summed E-state index contributed by atoms with van der Waals surface area (Å²) in [5.41, 5.74) is 3.99. The van der Waals surface area contributed by atoms with E-state index < -0.39 is 30.0 Å². The summed E-state index contributed by atoms with van der Waals surface area (Å²) in [6, 6.07) is 10.6. The van der Waals surface area contributed by atoms with Crippen LogP contribution in [0.15, 0.2) is 48.4 Å². The van der Waals surface area contributed by atoms with Crippen molar-refractivity contribution in [2.45, 2.75) is 94.7 Å². The third-order valence-electron chi connectivity index (χ3n) is 13.3. The zero-order valence-electron chi connectivity index (χ0n) is 35.3. The number of hydrogen-bond acceptors (Lipinski definition) is 14. The first-order chi connectivity index (χ1) is 30.5. The molecule has 4 N–H and O–H groups in total. The molecule has 3 aromatic rings. The Hall–Kier alpha value is -5.62. The summed E-state index contributed by atoms with van der Waals surface area (Å²) in [6.45, 7) is 5.53. The molecular weight excluding hydrogens is 830 g/mol. The molecule has 1 saturated carbocycles. The maximum Gasteiger partial charge on any atom is 0.262 e. The number of nitrogens with one attached hydrogen (secondary N) is 3. The zero-order valence-corrected chi connectivity index (χ0v) is 36.1. The molecular formula is C45H52ClN9O8. The van der Waals surface area contributed by atoms with Crippen LogP contribution in [-0.2, 0) is 23.9 Å². The second kappa shape index (κ2) is 17.9. The van der Waals surface area contributed by atoms with Gasteiger partial charge in [0.1, 0.15) is 16.8 Å². The summed E-state index contributed by atoms with van der Waals surface area (Å²) in [6.07, 6.45) is 8.32. The van der Waals surface area contributed by atoms with Crippen LogP contribution in [0.2, 0.25) is 5.02 Å². The van der Waals surface area contributed by atoms with Gasteiger partial charge in [-0.05, 0) is 107 Å². The number of aliphatic hydroxyl groups is 1. The average molecular weight is 882 g/mol. The minimum absolute atomic E-state index is 0.0917. The number of nitrogens with zero attached hydrogens (tertiary/aromatic N) is 6. The van der Waals surface area contributed by atoms with Gasteiger partial charge in [0.2, 0.25) is 17.8 Å². The van der Waals surface area contributed by atoms with Gasteiger partial charge >= 0.3 is 0 Å². The molecule has 18 heteroatoms. The maximum absolute atomic E-state index is 13.7. The molecule has 1 aliphatic carbocycles. The van der Waals surface area contributed by atoms with E-state index in [9.17, 15) is 29.1 Å². The largest absolute Gasteiger partial charge is 0.483 e. The van der Waals surface area contributed by atoms with Gasteiger partial charge in [0.25, 0.3) is 17.7 Å². The number of aliphatic hydroxyl groups excluding tert-OH is 1. The Balaban J connectivity index is 0.745. The van der Waals surface area contributed by atoms with Crippen molar-refractivity contribution in [3.05, 3.63) is 75.6 Å². The number of ether oxygens (including phenoxy) is 2. The maximum atomic E-state index is 13.7. The second-order valence-electron chi connectivity index (χ2n) is 17.0. The molecule has 17 nitrogen and oxygen atoms in total. The normalized spacial score (nSPS) is 24.4. The van der Waals surface area contributed by atoms with Crippen molar-refractivity contribution in [2.75, 3.05) is 61.5 Å². The van der Waals surface area contributed by atoms with E-state index in [0.717, 1.165) is 92.1 Å². The molecule has 5 aliphatic heterocycles. The highest BCUT2D eigenvalue weighted by Gasteiger charge is 2.47. The Morgan fingerprint density at radius 1 is 0.984 bits per heavy atom. The van der Waals surface area contributed by atoms with Crippen LogP contribution in [-0.4, -0.2) is 131 Å².